The fraction of sp³-hybridized carbons (Fsp3) is 0.222. The molecule has 0 heterocycles. The van der Waals surface area contributed by atoms with E-state index in [2.05, 4.69) is 10.5 Å². The molecule has 1 atom stereocenters. The maximum Gasteiger partial charge on any atom is 0.418 e. The van der Waals surface area contributed by atoms with Gasteiger partial charge >= 0.3 is 6.18 Å². The molecule has 0 aliphatic carbocycles. The number of para-hydroxylation sites is 1. The van der Waals surface area contributed by atoms with Gasteiger partial charge in [0.1, 0.15) is 5.75 Å². The quantitative estimate of drug-likeness (QED) is 0.456. The molecule has 0 bridgehead atoms. The molecule has 3 N–H and O–H groups in total. The molecule has 0 spiro atoms. The Morgan fingerprint density at radius 3 is 2.37 bits per heavy atom. The van der Waals surface area contributed by atoms with Gasteiger partial charge in [-0.2, -0.15) is 13.2 Å². The molecule has 1 amide bonds. The summed E-state index contributed by atoms with van der Waals surface area (Å²) in [6.07, 6.45) is -5.76. The first-order valence-corrected chi connectivity index (χ1v) is 7.83. The number of amidine groups is 1. The van der Waals surface area contributed by atoms with Crippen LogP contribution < -0.4 is 15.8 Å². The molecular formula is C18H18F3N3O3. The summed E-state index contributed by atoms with van der Waals surface area (Å²) in [6.45, 7) is 1.34. The highest BCUT2D eigenvalue weighted by Crippen LogP contribution is 2.34. The summed E-state index contributed by atoms with van der Waals surface area (Å²) < 4.78 is 43.9. The molecule has 27 heavy (non-hydrogen) atoms. The maximum atomic E-state index is 13.0. The SMILES string of the molecule is COc1ccc(/C(N)=N/OC(C)C(=O)Nc2ccccc2C(F)(F)F)cc1. The molecule has 0 saturated carbocycles. The summed E-state index contributed by atoms with van der Waals surface area (Å²) >= 11 is 0. The number of anilines is 1. The Morgan fingerprint density at radius 2 is 1.78 bits per heavy atom. The third-order valence-electron chi connectivity index (χ3n) is 3.55. The lowest BCUT2D eigenvalue weighted by Crippen LogP contribution is -2.28. The number of nitrogens with zero attached hydrogens (tertiary/aromatic N) is 1. The molecule has 0 fully saturated rings. The lowest BCUT2D eigenvalue weighted by Gasteiger charge is -2.15. The lowest BCUT2D eigenvalue weighted by molar-refractivity contribution is -0.137. The van der Waals surface area contributed by atoms with Crippen LogP contribution in [0.15, 0.2) is 53.7 Å². The van der Waals surface area contributed by atoms with Crippen molar-refractivity contribution in [2.75, 3.05) is 12.4 Å². The second-order valence-electron chi connectivity index (χ2n) is 5.49. The number of methoxy groups -OCH3 is 1. The average molecular weight is 381 g/mol. The highest BCUT2D eigenvalue weighted by Gasteiger charge is 2.34. The molecule has 144 valence electrons. The van der Waals surface area contributed by atoms with Crippen molar-refractivity contribution in [1.29, 1.82) is 0 Å². The first kappa shape index (κ1) is 20.1. The number of oxime groups is 1. The number of carbonyl (C=O) groups excluding carboxylic acids is 1. The summed E-state index contributed by atoms with van der Waals surface area (Å²) in [5.41, 5.74) is 4.99. The molecule has 9 heteroatoms. The normalized spacial score (nSPS) is 13.0. The Labute approximate surface area is 153 Å². The van der Waals surface area contributed by atoms with Gasteiger partial charge in [0.2, 0.25) is 6.10 Å². The summed E-state index contributed by atoms with van der Waals surface area (Å²) in [4.78, 5) is 17.1. The van der Waals surface area contributed by atoms with Gasteiger partial charge in [-0.05, 0) is 43.3 Å². The summed E-state index contributed by atoms with van der Waals surface area (Å²) in [5, 5.41) is 5.84. The number of amides is 1. The zero-order chi connectivity index (χ0) is 20.0. The fourth-order valence-electron chi connectivity index (χ4n) is 2.07. The standard InChI is InChI=1S/C18H18F3N3O3/c1-11(27-24-16(22)12-7-9-13(26-2)10-8-12)17(25)23-15-6-4-3-5-14(15)18(19,20)21/h3-11H,1-2H3,(H2,22,24)(H,23,25). The van der Waals surface area contributed by atoms with Gasteiger partial charge in [-0.1, -0.05) is 17.3 Å². The van der Waals surface area contributed by atoms with Crippen LogP contribution in [0.4, 0.5) is 18.9 Å². The maximum absolute atomic E-state index is 13.0. The van der Waals surface area contributed by atoms with Crippen LogP contribution >= 0.6 is 0 Å². The second kappa shape index (κ2) is 8.43. The van der Waals surface area contributed by atoms with Crippen LogP contribution in [0.25, 0.3) is 0 Å². The lowest BCUT2D eigenvalue weighted by atomic mass is 10.1. The predicted octanol–water partition coefficient (Wildman–Crippen LogP) is 3.38. The van der Waals surface area contributed by atoms with Crippen LogP contribution in [0.3, 0.4) is 0 Å². The van der Waals surface area contributed by atoms with Crippen molar-refractivity contribution in [2.45, 2.75) is 19.2 Å². The van der Waals surface area contributed by atoms with E-state index in [0.29, 0.717) is 11.3 Å². The largest absolute Gasteiger partial charge is 0.497 e. The minimum atomic E-state index is -4.59. The molecular weight excluding hydrogens is 363 g/mol. The number of hydrogen-bond donors (Lipinski definition) is 2. The Balaban J connectivity index is 2.03. The van der Waals surface area contributed by atoms with E-state index in [1.54, 1.807) is 24.3 Å². The molecule has 2 aromatic rings. The number of rotatable bonds is 6. The van der Waals surface area contributed by atoms with E-state index >= 15 is 0 Å². The number of benzene rings is 2. The number of nitrogens with one attached hydrogen (secondary N) is 1. The van der Waals surface area contributed by atoms with Crippen molar-refractivity contribution < 1.29 is 27.5 Å². The van der Waals surface area contributed by atoms with Gasteiger partial charge in [-0.15, -0.1) is 0 Å². The van der Waals surface area contributed by atoms with Gasteiger partial charge in [0, 0.05) is 5.56 Å². The van der Waals surface area contributed by atoms with Crippen LogP contribution in [0.2, 0.25) is 0 Å². The molecule has 0 radical (unpaired) electrons. The van der Waals surface area contributed by atoms with Gasteiger partial charge in [-0.3, -0.25) is 4.79 Å². The summed E-state index contributed by atoms with van der Waals surface area (Å²) in [6, 6.07) is 11.3. The van der Waals surface area contributed by atoms with Crippen LogP contribution in [0.5, 0.6) is 5.75 Å². The van der Waals surface area contributed by atoms with Crippen molar-refractivity contribution in [1.82, 2.24) is 0 Å². The highest BCUT2D eigenvalue weighted by atomic mass is 19.4. The Kier molecular flexibility index (Phi) is 6.27. The highest BCUT2D eigenvalue weighted by molar-refractivity contribution is 5.97. The van der Waals surface area contributed by atoms with Gasteiger partial charge in [0.05, 0.1) is 18.4 Å². The van der Waals surface area contributed by atoms with Crippen molar-refractivity contribution >= 4 is 17.4 Å². The van der Waals surface area contributed by atoms with Gasteiger partial charge in [0.15, 0.2) is 5.84 Å². The Bertz CT molecular complexity index is 821. The zero-order valence-electron chi connectivity index (χ0n) is 14.6. The van der Waals surface area contributed by atoms with E-state index in [1.807, 2.05) is 0 Å². The van der Waals surface area contributed by atoms with Crippen molar-refractivity contribution in [2.24, 2.45) is 10.9 Å². The Hall–Kier alpha value is -3.23. The topological polar surface area (TPSA) is 85.9 Å². The monoisotopic (exact) mass is 381 g/mol. The molecule has 0 aliphatic heterocycles. The minimum absolute atomic E-state index is 0.00740. The third kappa shape index (κ3) is 5.37. The number of nitrogens with two attached hydrogens (primary N) is 1. The van der Waals surface area contributed by atoms with Crippen molar-refractivity contribution in [3.8, 4) is 5.75 Å². The van der Waals surface area contributed by atoms with E-state index < -0.39 is 23.8 Å². The summed E-state index contributed by atoms with van der Waals surface area (Å²) in [7, 11) is 1.52. The fourth-order valence-corrected chi connectivity index (χ4v) is 2.07. The zero-order valence-corrected chi connectivity index (χ0v) is 14.6. The van der Waals surface area contributed by atoms with Crippen LogP contribution in [-0.4, -0.2) is 25.0 Å². The number of halogens is 3. The summed E-state index contributed by atoms with van der Waals surface area (Å²) in [5.74, 6) is -0.158. The number of carbonyl (C=O) groups is 1. The number of hydrogen-bond acceptors (Lipinski definition) is 4. The van der Waals surface area contributed by atoms with Crippen LogP contribution in [-0.2, 0) is 15.8 Å². The molecule has 1 unspecified atom stereocenters. The third-order valence-corrected chi connectivity index (χ3v) is 3.55. The molecule has 0 saturated heterocycles. The number of ether oxygens (including phenoxy) is 1. The Morgan fingerprint density at radius 1 is 1.15 bits per heavy atom. The average Bonchev–Trinajstić information content (AvgIpc) is 2.65. The molecule has 2 aromatic carbocycles. The molecule has 2 rings (SSSR count). The minimum Gasteiger partial charge on any atom is -0.497 e. The van der Waals surface area contributed by atoms with E-state index in [1.165, 1.54) is 26.2 Å². The smallest absolute Gasteiger partial charge is 0.418 e. The van der Waals surface area contributed by atoms with E-state index in [0.717, 1.165) is 12.1 Å². The molecule has 0 aliphatic rings. The van der Waals surface area contributed by atoms with Gasteiger partial charge < -0.3 is 20.6 Å². The van der Waals surface area contributed by atoms with E-state index in [4.69, 9.17) is 15.3 Å². The van der Waals surface area contributed by atoms with Crippen molar-refractivity contribution in [3.63, 3.8) is 0 Å². The van der Waals surface area contributed by atoms with E-state index in [-0.39, 0.29) is 11.5 Å². The molecule has 6 nitrogen and oxygen atoms in total. The van der Waals surface area contributed by atoms with Crippen LogP contribution in [0.1, 0.15) is 18.1 Å². The first-order valence-electron chi connectivity index (χ1n) is 7.83. The second-order valence-corrected chi connectivity index (χ2v) is 5.49. The first-order chi connectivity index (χ1) is 12.7. The van der Waals surface area contributed by atoms with Gasteiger partial charge in [-0.25, -0.2) is 0 Å². The van der Waals surface area contributed by atoms with Gasteiger partial charge in [0.25, 0.3) is 5.91 Å². The van der Waals surface area contributed by atoms with E-state index in [9.17, 15) is 18.0 Å². The number of alkyl halides is 3. The van der Waals surface area contributed by atoms with Crippen LogP contribution in [0, 0.1) is 0 Å². The molecule has 0 aromatic heterocycles. The van der Waals surface area contributed by atoms with Crippen molar-refractivity contribution in [3.05, 3.63) is 59.7 Å². The predicted molar refractivity (Wildman–Crippen MR) is 94.3 cm³/mol.